The Morgan fingerprint density at radius 2 is 2.10 bits per heavy atom. The molecular weight excluding hydrogens is 254 g/mol. The summed E-state index contributed by atoms with van der Waals surface area (Å²) in [5.41, 5.74) is 0. The number of nitrogens with zero attached hydrogens (tertiary/aromatic N) is 2. The SMILES string of the molecule is CCOc1cc(NC2CCCCC2C)nc(COC)n1. The zero-order chi connectivity index (χ0) is 14.4. The molecule has 2 rings (SSSR count). The van der Waals surface area contributed by atoms with Gasteiger partial charge in [-0.05, 0) is 25.7 Å². The average Bonchev–Trinajstić information content (AvgIpc) is 2.42. The molecule has 0 saturated heterocycles. The lowest BCUT2D eigenvalue weighted by atomic mass is 9.86. The maximum atomic E-state index is 5.50. The van der Waals surface area contributed by atoms with Gasteiger partial charge in [-0.3, -0.25) is 0 Å². The lowest BCUT2D eigenvalue weighted by Crippen LogP contribution is -2.30. The molecule has 20 heavy (non-hydrogen) atoms. The number of anilines is 1. The Morgan fingerprint density at radius 1 is 1.30 bits per heavy atom. The Morgan fingerprint density at radius 3 is 2.80 bits per heavy atom. The predicted molar refractivity (Wildman–Crippen MR) is 79.0 cm³/mol. The Kier molecular flexibility index (Phi) is 5.59. The molecule has 1 N–H and O–H groups in total. The molecule has 2 unspecified atom stereocenters. The average molecular weight is 279 g/mol. The zero-order valence-electron chi connectivity index (χ0n) is 12.7. The molecule has 1 aliphatic rings. The molecule has 1 fully saturated rings. The maximum Gasteiger partial charge on any atom is 0.218 e. The summed E-state index contributed by atoms with van der Waals surface area (Å²) in [7, 11) is 1.65. The Bertz CT molecular complexity index is 401. The van der Waals surface area contributed by atoms with Crippen LogP contribution in [0.25, 0.3) is 0 Å². The van der Waals surface area contributed by atoms with Gasteiger partial charge in [-0.2, -0.15) is 4.98 Å². The lowest BCUT2D eigenvalue weighted by Gasteiger charge is -2.30. The molecule has 1 aromatic heterocycles. The second kappa shape index (κ2) is 7.43. The number of nitrogens with one attached hydrogen (secondary N) is 1. The number of hydrogen-bond donors (Lipinski definition) is 1. The van der Waals surface area contributed by atoms with Crippen molar-refractivity contribution in [2.75, 3.05) is 19.0 Å². The highest BCUT2D eigenvalue weighted by Crippen LogP contribution is 2.27. The van der Waals surface area contributed by atoms with Crippen LogP contribution in [0.3, 0.4) is 0 Å². The van der Waals surface area contributed by atoms with E-state index in [0.717, 1.165) is 5.82 Å². The van der Waals surface area contributed by atoms with Crippen molar-refractivity contribution in [2.24, 2.45) is 5.92 Å². The van der Waals surface area contributed by atoms with Crippen molar-refractivity contribution in [3.63, 3.8) is 0 Å². The number of rotatable bonds is 6. The number of hydrogen-bond acceptors (Lipinski definition) is 5. The first-order valence-electron chi connectivity index (χ1n) is 7.49. The van der Waals surface area contributed by atoms with Crippen LogP contribution in [0.5, 0.6) is 5.88 Å². The summed E-state index contributed by atoms with van der Waals surface area (Å²) in [5.74, 6) is 2.79. The molecule has 1 saturated carbocycles. The van der Waals surface area contributed by atoms with Gasteiger partial charge >= 0.3 is 0 Å². The third kappa shape index (κ3) is 4.07. The molecule has 0 aliphatic heterocycles. The summed E-state index contributed by atoms with van der Waals surface area (Å²) in [6, 6.07) is 2.37. The van der Waals surface area contributed by atoms with Crippen LogP contribution in [0.15, 0.2) is 6.07 Å². The lowest BCUT2D eigenvalue weighted by molar-refractivity contribution is 0.176. The molecule has 0 amide bonds. The van der Waals surface area contributed by atoms with Gasteiger partial charge in [-0.25, -0.2) is 4.98 Å². The van der Waals surface area contributed by atoms with Gasteiger partial charge in [0.15, 0.2) is 5.82 Å². The molecule has 0 aromatic carbocycles. The van der Waals surface area contributed by atoms with Gasteiger partial charge in [0.25, 0.3) is 0 Å². The van der Waals surface area contributed by atoms with E-state index in [4.69, 9.17) is 9.47 Å². The van der Waals surface area contributed by atoms with Crippen LogP contribution < -0.4 is 10.1 Å². The molecule has 0 spiro atoms. The van der Waals surface area contributed by atoms with Gasteiger partial charge in [-0.1, -0.05) is 19.8 Å². The van der Waals surface area contributed by atoms with Gasteiger partial charge in [0.1, 0.15) is 12.4 Å². The Hall–Kier alpha value is -1.36. The maximum absolute atomic E-state index is 5.50. The van der Waals surface area contributed by atoms with Crippen LogP contribution >= 0.6 is 0 Å². The van der Waals surface area contributed by atoms with Crippen molar-refractivity contribution in [2.45, 2.75) is 52.2 Å². The Labute approximate surface area is 121 Å². The summed E-state index contributed by atoms with van der Waals surface area (Å²) < 4.78 is 10.6. The summed E-state index contributed by atoms with van der Waals surface area (Å²) >= 11 is 0. The molecule has 112 valence electrons. The Balaban J connectivity index is 2.12. The second-order valence-electron chi connectivity index (χ2n) is 5.39. The molecule has 0 bridgehead atoms. The van der Waals surface area contributed by atoms with Crippen LogP contribution in [0.1, 0.15) is 45.4 Å². The van der Waals surface area contributed by atoms with E-state index in [0.29, 0.717) is 36.9 Å². The fourth-order valence-electron chi connectivity index (χ4n) is 2.68. The summed E-state index contributed by atoms with van der Waals surface area (Å²) in [4.78, 5) is 8.83. The predicted octanol–water partition coefficient (Wildman–Crippen LogP) is 3.01. The van der Waals surface area contributed by atoms with Crippen LogP contribution in [-0.2, 0) is 11.3 Å². The van der Waals surface area contributed by atoms with Crippen molar-refractivity contribution in [3.05, 3.63) is 11.9 Å². The minimum atomic E-state index is 0.399. The van der Waals surface area contributed by atoms with Crippen molar-refractivity contribution in [3.8, 4) is 5.88 Å². The largest absolute Gasteiger partial charge is 0.478 e. The monoisotopic (exact) mass is 279 g/mol. The van der Waals surface area contributed by atoms with E-state index in [-0.39, 0.29) is 0 Å². The topological polar surface area (TPSA) is 56.3 Å². The highest BCUT2D eigenvalue weighted by Gasteiger charge is 2.21. The van der Waals surface area contributed by atoms with E-state index < -0.39 is 0 Å². The van der Waals surface area contributed by atoms with Crippen molar-refractivity contribution < 1.29 is 9.47 Å². The molecule has 5 nitrogen and oxygen atoms in total. The van der Waals surface area contributed by atoms with Gasteiger partial charge in [0.05, 0.1) is 6.61 Å². The third-order valence-corrected chi connectivity index (χ3v) is 3.76. The molecule has 1 aliphatic carbocycles. The highest BCUT2D eigenvalue weighted by molar-refractivity contribution is 5.39. The number of methoxy groups -OCH3 is 1. The van der Waals surface area contributed by atoms with E-state index in [1.807, 2.05) is 13.0 Å². The molecule has 5 heteroatoms. The van der Waals surface area contributed by atoms with Gasteiger partial charge in [0.2, 0.25) is 5.88 Å². The van der Waals surface area contributed by atoms with E-state index >= 15 is 0 Å². The van der Waals surface area contributed by atoms with Gasteiger partial charge in [-0.15, -0.1) is 0 Å². The summed E-state index contributed by atoms with van der Waals surface area (Å²) in [6.07, 6.45) is 5.11. The minimum absolute atomic E-state index is 0.399. The van der Waals surface area contributed by atoms with E-state index in [9.17, 15) is 0 Å². The van der Waals surface area contributed by atoms with E-state index in [2.05, 4.69) is 22.2 Å². The molecular formula is C15H25N3O2. The smallest absolute Gasteiger partial charge is 0.218 e. The first kappa shape index (κ1) is 15.0. The third-order valence-electron chi connectivity index (χ3n) is 3.76. The van der Waals surface area contributed by atoms with Crippen LogP contribution in [-0.4, -0.2) is 29.7 Å². The number of ether oxygens (including phenoxy) is 2. The first-order valence-corrected chi connectivity index (χ1v) is 7.49. The van der Waals surface area contributed by atoms with E-state index in [1.165, 1.54) is 25.7 Å². The molecule has 0 radical (unpaired) electrons. The first-order chi connectivity index (χ1) is 9.72. The number of aromatic nitrogens is 2. The van der Waals surface area contributed by atoms with Crippen molar-refractivity contribution in [1.82, 2.24) is 9.97 Å². The van der Waals surface area contributed by atoms with Crippen molar-refractivity contribution in [1.29, 1.82) is 0 Å². The normalized spacial score (nSPS) is 22.6. The fourth-order valence-corrected chi connectivity index (χ4v) is 2.68. The standard InChI is InChI=1S/C15H25N3O2/c1-4-20-15-9-13(17-14(18-15)10-19-3)16-12-8-6-5-7-11(12)2/h9,11-12H,4-8,10H2,1-3H3,(H,16,17,18). The van der Waals surface area contributed by atoms with Gasteiger partial charge in [0, 0.05) is 19.2 Å². The van der Waals surface area contributed by atoms with Crippen LogP contribution in [0, 0.1) is 5.92 Å². The van der Waals surface area contributed by atoms with Crippen LogP contribution in [0.4, 0.5) is 5.82 Å². The highest BCUT2D eigenvalue weighted by atomic mass is 16.5. The summed E-state index contributed by atoms with van der Waals surface area (Å²) in [6.45, 7) is 5.25. The van der Waals surface area contributed by atoms with Crippen LogP contribution in [0.2, 0.25) is 0 Å². The minimum Gasteiger partial charge on any atom is -0.478 e. The molecule has 2 atom stereocenters. The fraction of sp³-hybridized carbons (Fsp3) is 0.733. The second-order valence-corrected chi connectivity index (χ2v) is 5.39. The quantitative estimate of drug-likeness (QED) is 0.867. The van der Waals surface area contributed by atoms with E-state index in [1.54, 1.807) is 7.11 Å². The molecule has 1 aromatic rings. The zero-order valence-corrected chi connectivity index (χ0v) is 12.7. The molecule has 1 heterocycles. The summed E-state index contributed by atoms with van der Waals surface area (Å²) in [5, 5.41) is 3.54. The van der Waals surface area contributed by atoms with Gasteiger partial charge < -0.3 is 14.8 Å². The van der Waals surface area contributed by atoms with Crippen molar-refractivity contribution >= 4 is 5.82 Å².